The van der Waals surface area contributed by atoms with E-state index in [1.54, 1.807) is 6.20 Å². The van der Waals surface area contributed by atoms with E-state index in [1.165, 1.54) is 6.33 Å². The lowest BCUT2D eigenvalue weighted by Gasteiger charge is -2.10. The van der Waals surface area contributed by atoms with E-state index in [9.17, 15) is 9.59 Å². The van der Waals surface area contributed by atoms with Crippen LogP contribution in [0, 0.1) is 0 Å². The molecule has 1 fully saturated rings. The van der Waals surface area contributed by atoms with E-state index in [2.05, 4.69) is 37.9 Å². The van der Waals surface area contributed by atoms with Crippen LogP contribution in [0.25, 0.3) is 0 Å². The van der Waals surface area contributed by atoms with Crippen LogP contribution in [-0.2, 0) is 16.0 Å². The van der Waals surface area contributed by atoms with Crippen molar-refractivity contribution >= 4 is 34.3 Å². The van der Waals surface area contributed by atoms with Gasteiger partial charge in [0.1, 0.15) is 6.04 Å². The zero-order chi connectivity index (χ0) is 13.5. The summed E-state index contributed by atoms with van der Waals surface area (Å²) < 4.78 is 0.610. The first kappa shape index (κ1) is 15.1. The molecule has 1 aliphatic rings. The molecule has 0 saturated heterocycles. The fourth-order valence-corrected chi connectivity index (χ4v) is 1.64. The number of carbonyl (C=O) groups is 2. The van der Waals surface area contributed by atoms with E-state index in [-0.39, 0.29) is 11.8 Å². The van der Waals surface area contributed by atoms with Gasteiger partial charge in [0.2, 0.25) is 0 Å². The Kier molecular flexibility index (Phi) is 6.22. The number of alkyl halides is 1. The molecule has 0 aromatic carbocycles. The van der Waals surface area contributed by atoms with Gasteiger partial charge in [-0.15, -0.1) is 0 Å². The third-order valence-electron chi connectivity index (χ3n) is 2.26. The van der Waals surface area contributed by atoms with E-state index in [0.717, 1.165) is 5.69 Å². The Labute approximate surface area is 118 Å². The molecule has 1 aliphatic carbocycles. The zero-order valence-electron chi connectivity index (χ0n) is 9.60. The monoisotopic (exact) mass is 366 g/mol. The van der Waals surface area contributed by atoms with Crippen LogP contribution in [0.3, 0.4) is 0 Å². The fourth-order valence-electron chi connectivity index (χ4n) is 1.11. The first-order valence-corrected chi connectivity index (χ1v) is 6.85. The molecule has 2 rings (SSSR count). The maximum absolute atomic E-state index is 10.7. The van der Waals surface area contributed by atoms with Crippen molar-refractivity contribution in [1.82, 2.24) is 15.3 Å². The van der Waals surface area contributed by atoms with Gasteiger partial charge in [0, 0.05) is 23.6 Å². The van der Waals surface area contributed by atoms with Gasteiger partial charge in [-0.25, -0.2) is 4.98 Å². The van der Waals surface area contributed by atoms with Gasteiger partial charge in [-0.3, -0.25) is 14.9 Å². The standard InChI is InChI=1S/C7H10IN3O2.C3H5NO/c8-3-10-6(7(12)13)1-5-2-9-4-11-5;4-2-1-3(2)5/h2,4,6,10H,1,3H2,(H,9,11)(H,12,13);2H,1,4H2/t6-;/m0./s1. The van der Waals surface area contributed by atoms with Crippen LogP contribution in [0.4, 0.5) is 0 Å². The summed E-state index contributed by atoms with van der Waals surface area (Å²) in [6, 6.07) is -0.643. The molecule has 2 atom stereocenters. The van der Waals surface area contributed by atoms with Gasteiger partial charge in [-0.1, -0.05) is 22.6 Å². The van der Waals surface area contributed by atoms with Gasteiger partial charge in [0.15, 0.2) is 5.78 Å². The number of nitrogens with zero attached hydrogens (tertiary/aromatic N) is 1. The van der Waals surface area contributed by atoms with Gasteiger partial charge in [0.25, 0.3) is 0 Å². The van der Waals surface area contributed by atoms with Crippen LogP contribution in [0.15, 0.2) is 12.5 Å². The summed E-state index contributed by atoms with van der Waals surface area (Å²) in [6.07, 6.45) is 4.25. The lowest BCUT2D eigenvalue weighted by Crippen LogP contribution is -2.37. The molecular weight excluding hydrogens is 351 g/mol. The number of nitrogens with two attached hydrogens (primary N) is 1. The number of carboxylic acid groups (broad SMARTS) is 1. The maximum atomic E-state index is 10.7. The van der Waals surface area contributed by atoms with Gasteiger partial charge in [-0.2, -0.15) is 0 Å². The van der Waals surface area contributed by atoms with Gasteiger partial charge in [-0.05, 0) is 0 Å². The Balaban J connectivity index is 0.000000269. The van der Waals surface area contributed by atoms with Crippen molar-refractivity contribution in [2.24, 2.45) is 5.73 Å². The third-order valence-corrected chi connectivity index (χ3v) is 2.70. The van der Waals surface area contributed by atoms with Crippen LogP contribution in [-0.4, -0.2) is 43.5 Å². The second-order valence-corrected chi connectivity index (χ2v) is 4.53. The fraction of sp³-hybridized carbons (Fsp3) is 0.500. The van der Waals surface area contributed by atoms with Crippen molar-refractivity contribution in [3.8, 4) is 0 Å². The molecule has 0 bridgehead atoms. The maximum Gasteiger partial charge on any atom is 0.321 e. The number of hydrogen-bond donors (Lipinski definition) is 4. The number of aliphatic carboxylic acids is 1. The Morgan fingerprint density at radius 2 is 2.39 bits per heavy atom. The predicted octanol–water partition coefficient (Wildman–Crippen LogP) is -0.326. The molecule has 18 heavy (non-hydrogen) atoms. The van der Waals surface area contributed by atoms with Crippen molar-refractivity contribution in [3.63, 3.8) is 0 Å². The molecule has 8 heteroatoms. The average molecular weight is 366 g/mol. The van der Waals surface area contributed by atoms with E-state index < -0.39 is 12.0 Å². The molecule has 7 nitrogen and oxygen atoms in total. The molecule has 1 aromatic heterocycles. The largest absolute Gasteiger partial charge is 0.480 e. The summed E-state index contributed by atoms with van der Waals surface area (Å²) in [5, 5.41) is 11.7. The van der Waals surface area contributed by atoms with E-state index >= 15 is 0 Å². The normalized spacial score (nSPS) is 18.8. The lowest BCUT2D eigenvalue weighted by molar-refractivity contribution is -0.139. The zero-order valence-corrected chi connectivity index (χ0v) is 11.8. The Morgan fingerprint density at radius 1 is 1.78 bits per heavy atom. The number of aromatic amines is 1. The number of ketones is 1. The highest BCUT2D eigenvalue weighted by Gasteiger charge is 2.29. The number of hydrogen-bond acceptors (Lipinski definition) is 5. The quantitative estimate of drug-likeness (QED) is 0.322. The third kappa shape index (κ3) is 5.56. The molecule has 1 saturated carbocycles. The molecule has 0 spiro atoms. The molecule has 1 aromatic rings. The molecule has 5 N–H and O–H groups in total. The molecule has 0 amide bonds. The second-order valence-electron chi connectivity index (χ2n) is 3.77. The highest BCUT2D eigenvalue weighted by Crippen LogP contribution is 2.07. The van der Waals surface area contributed by atoms with Gasteiger partial charge >= 0.3 is 5.97 Å². The minimum absolute atomic E-state index is 0.0880. The first-order chi connectivity index (χ1) is 8.54. The summed E-state index contributed by atoms with van der Waals surface area (Å²) in [5.74, 6) is -0.648. The summed E-state index contributed by atoms with van der Waals surface area (Å²) in [5.41, 5.74) is 5.77. The van der Waals surface area contributed by atoms with Gasteiger partial charge < -0.3 is 15.8 Å². The number of imidazole rings is 1. The number of carbonyl (C=O) groups excluding carboxylic acids is 1. The van der Waals surface area contributed by atoms with Crippen molar-refractivity contribution in [1.29, 1.82) is 0 Å². The van der Waals surface area contributed by atoms with Crippen molar-refractivity contribution < 1.29 is 14.7 Å². The average Bonchev–Trinajstić information content (AvgIpc) is 2.82. The van der Waals surface area contributed by atoms with Crippen LogP contribution in [0.1, 0.15) is 12.1 Å². The number of carboxylic acids is 1. The number of rotatable bonds is 5. The van der Waals surface area contributed by atoms with Crippen molar-refractivity contribution in [3.05, 3.63) is 18.2 Å². The van der Waals surface area contributed by atoms with Crippen LogP contribution >= 0.6 is 22.6 Å². The predicted molar refractivity (Wildman–Crippen MR) is 73.3 cm³/mol. The smallest absolute Gasteiger partial charge is 0.321 e. The molecular formula is C10H15IN4O3. The first-order valence-electron chi connectivity index (χ1n) is 5.32. The summed E-state index contributed by atoms with van der Waals surface area (Å²) >= 11 is 2.07. The minimum Gasteiger partial charge on any atom is -0.480 e. The van der Waals surface area contributed by atoms with Crippen LogP contribution < -0.4 is 11.1 Å². The van der Waals surface area contributed by atoms with Gasteiger partial charge in [0.05, 0.1) is 18.1 Å². The number of halogens is 1. The SMILES string of the molecule is NC1CC1=O.O=C(O)[C@H](Cc1c[nH]cn1)NCI. The summed E-state index contributed by atoms with van der Waals surface area (Å²) in [6.45, 7) is 0. The Hall–Kier alpha value is -1.00. The summed E-state index contributed by atoms with van der Waals surface area (Å²) in [7, 11) is 0. The lowest BCUT2D eigenvalue weighted by atomic mass is 10.2. The van der Waals surface area contributed by atoms with Crippen molar-refractivity contribution in [2.45, 2.75) is 24.9 Å². The molecule has 0 aliphatic heterocycles. The second kappa shape index (κ2) is 7.44. The topological polar surface area (TPSA) is 121 Å². The number of aromatic nitrogens is 2. The Morgan fingerprint density at radius 3 is 2.72 bits per heavy atom. The Bertz CT molecular complexity index is 396. The summed E-state index contributed by atoms with van der Waals surface area (Å²) in [4.78, 5) is 27.2. The molecule has 1 unspecified atom stereocenters. The minimum atomic E-state index is -0.848. The van der Waals surface area contributed by atoms with E-state index in [1.807, 2.05) is 0 Å². The number of Topliss-reactive ketones (excluding diaryl/α,β-unsaturated/α-hetero) is 1. The highest BCUT2D eigenvalue weighted by molar-refractivity contribution is 14.1. The number of H-pyrrole nitrogens is 1. The van der Waals surface area contributed by atoms with E-state index in [4.69, 9.17) is 10.8 Å². The highest BCUT2D eigenvalue weighted by atomic mass is 127. The number of nitrogens with one attached hydrogen (secondary N) is 2. The molecule has 100 valence electrons. The molecule has 0 radical (unpaired) electrons. The van der Waals surface area contributed by atoms with Crippen LogP contribution in [0.5, 0.6) is 0 Å². The van der Waals surface area contributed by atoms with Crippen molar-refractivity contribution in [2.75, 3.05) is 4.55 Å². The van der Waals surface area contributed by atoms with E-state index in [0.29, 0.717) is 17.4 Å². The van der Waals surface area contributed by atoms with Crippen LogP contribution in [0.2, 0.25) is 0 Å². The molecule has 1 heterocycles.